The van der Waals surface area contributed by atoms with E-state index in [1.807, 2.05) is 24.8 Å². The number of piperidine rings is 1. The van der Waals surface area contributed by atoms with Gasteiger partial charge >= 0.3 is 0 Å². The molecule has 0 unspecified atom stereocenters. The summed E-state index contributed by atoms with van der Waals surface area (Å²) in [6, 6.07) is 6.32. The number of pyridine rings is 3. The smallest absolute Gasteiger partial charge is 0.116 e. The van der Waals surface area contributed by atoms with Crippen LogP contribution in [-0.4, -0.2) is 43.2 Å². The third-order valence-electron chi connectivity index (χ3n) is 7.16. The van der Waals surface area contributed by atoms with Crippen LogP contribution in [0, 0.1) is 5.41 Å². The van der Waals surface area contributed by atoms with Gasteiger partial charge in [-0.2, -0.15) is 5.10 Å². The second kappa shape index (κ2) is 9.03. The van der Waals surface area contributed by atoms with Crippen LogP contribution in [0.2, 0.25) is 0 Å². The van der Waals surface area contributed by atoms with E-state index in [1.165, 1.54) is 30.3 Å². The lowest BCUT2D eigenvalue weighted by atomic mass is 9.93. The maximum Gasteiger partial charge on any atom is 0.116 e. The van der Waals surface area contributed by atoms with E-state index >= 15 is 0 Å². The van der Waals surface area contributed by atoms with Crippen LogP contribution in [-0.2, 0) is 0 Å². The number of rotatable bonds is 5. The Kier molecular flexibility index (Phi) is 5.67. The molecule has 0 aliphatic carbocycles. The van der Waals surface area contributed by atoms with Crippen LogP contribution in [0.3, 0.4) is 0 Å². The number of allylic oxidation sites excluding steroid dienone is 1. The number of aromatic nitrogens is 6. The van der Waals surface area contributed by atoms with Gasteiger partial charge in [-0.3, -0.25) is 20.1 Å². The van der Waals surface area contributed by atoms with Gasteiger partial charge in [0.1, 0.15) is 5.69 Å². The van der Waals surface area contributed by atoms with E-state index in [9.17, 15) is 0 Å². The van der Waals surface area contributed by atoms with Crippen molar-refractivity contribution in [1.29, 1.82) is 0 Å². The number of H-pyrrole nitrogens is 2. The first-order chi connectivity index (χ1) is 17.9. The lowest BCUT2D eigenvalue weighted by molar-refractivity contribution is 0.509. The zero-order valence-corrected chi connectivity index (χ0v) is 21.6. The average molecular weight is 493 g/mol. The number of hydrogen-bond donors (Lipinski definition) is 3. The standard InChI is InChI=1S/C29H32N8/c1-18(29(2,3)4)33-20-10-19(13-30-14-20)23-12-22-26(16-32-23)35-36-28(22)24-11-21-25(34-24)15-31-17-27(21)37-8-6-5-7-9-37/h10-17,33-34H,1,5-9H2,2-4H3,(H,35,36). The van der Waals surface area contributed by atoms with Crippen molar-refractivity contribution in [2.75, 3.05) is 23.3 Å². The monoisotopic (exact) mass is 492 g/mol. The summed E-state index contributed by atoms with van der Waals surface area (Å²) in [7, 11) is 0. The molecule has 37 heavy (non-hydrogen) atoms. The molecule has 0 bridgehead atoms. The third-order valence-corrected chi connectivity index (χ3v) is 7.16. The van der Waals surface area contributed by atoms with Gasteiger partial charge < -0.3 is 15.2 Å². The van der Waals surface area contributed by atoms with Crippen molar-refractivity contribution in [2.45, 2.75) is 40.0 Å². The van der Waals surface area contributed by atoms with E-state index in [4.69, 9.17) is 0 Å². The SMILES string of the molecule is C=C(Nc1cncc(-c2cc3c(-c4cc5c(N6CCCCC6)cncc5[nH]4)n[nH]c3cn2)c1)C(C)(C)C. The van der Waals surface area contributed by atoms with Crippen molar-refractivity contribution < 1.29 is 0 Å². The second-order valence-corrected chi connectivity index (χ2v) is 10.9. The number of hydrogen-bond acceptors (Lipinski definition) is 6. The van der Waals surface area contributed by atoms with Crippen molar-refractivity contribution in [2.24, 2.45) is 5.41 Å². The van der Waals surface area contributed by atoms with E-state index < -0.39 is 0 Å². The number of nitrogens with zero attached hydrogens (tertiary/aromatic N) is 5. The molecule has 188 valence electrons. The van der Waals surface area contributed by atoms with Gasteiger partial charge in [-0.1, -0.05) is 27.4 Å². The van der Waals surface area contributed by atoms with Gasteiger partial charge in [0.25, 0.3) is 0 Å². The normalized spacial score (nSPS) is 14.4. The van der Waals surface area contributed by atoms with Crippen LogP contribution in [0.4, 0.5) is 11.4 Å². The molecule has 0 amide bonds. The van der Waals surface area contributed by atoms with Crippen LogP contribution < -0.4 is 10.2 Å². The van der Waals surface area contributed by atoms with Crippen molar-refractivity contribution >= 4 is 33.2 Å². The minimum atomic E-state index is -0.0537. The van der Waals surface area contributed by atoms with E-state index in [2.05, 4.69) is 85.9 Å². The number of anilines is 2. The van der Waals surface area contributed by atoms with Gasteiger partial charge in [-0.15, -0.1) is 0 Å². The Hall–Kier alpha value is -4.20. The molecule has 8 heteroatoms. The highest BCUT2D eigenvalue weighted by Gasteiger charge is 2.19. The molecule has 0 atom stereocenters. The molecular formula is C29H32N8. The Morgan fingerprint density at radius 2 is 1.73 bits per heavy atom. The van der Waals surface area contributed by atoms with Crippen molar-refractivity contribution in [1.82, 2.24) is 30.1 Å². The Morgan fingerprint density at radius 3 is 2.54 bits per heavy atom. The average Bonchev–Trinajstić information content (AvgIpc) is 3.52. The Balaban J connectivity index is 1.37. The van der Waals surface area contributed by atoms with Crippen molar-refractivity contribution in [3.8, 4) is 22.6 Å². The molecule has 1 saturated heterocycles. The fourth-order valence-corrected chi connectivity index (χ4v) is 4.84. The van der Waals surface area contributed by atoms with Gasteiger partial charge in [0.15, 0.2) is 0 Å². The molecule has 0 aromatic carbocycles. The van der Waals surface area contributed by atoms with E-state index in [1.54, 1.807) is 6.20 Å². The van der Waals surface area contributed by atoms with E-state index in [0.29, 0.717) is 0 Å². The zero-order valence-electron chi connectivity index (χ0n) is 21.6. The molecule has 0 spiro atoms. The van der Waals surface area contributed by atoms with Crippen molar-refractivity contribution in [3.05, 3.63) is 61.5 Å². The van der Waals surface area contributed by atoms with Crippen LogP contribution >= 0.6 is 0 Å². The fourth-order valence-electron chi connectivity index (χ4n) is 4.84. The van der Waals surface area contributed by atoms with Crippen molar-refractivity contribution in [3.63, 3.8) is 0 Å². The van der Waals surface area contributed by atoms with Crippen LogP contribution in [0.25, 0.3) is 44.5 Å². The summed E-state index contributed by atoms with van der Waals surface area (Å²) >= 11 is 0. The first kappa shape index (κ1) is 23.2. The van der Waals surface area contributed by atoms with Gasteiger partial charge in [0, 0.05) is 46.7 Å². The van der Waals surface area contributed by atoms with Gasteiger partial charge in [-0.05, 0) is 37.5 Å². The molecule has 1 aliphatic heterocycles. The highest BCUT2D eigenvalue weighted by molar-refractivity contribution is 6.00. The van der Waals surface area contributed by atoms with Gasteiger partial charge in [-0.25, -0.2) is 0 Å². The Morgan fingerprint density at radius 1 is 0.919 bits per heavy atom. The maximum atomic E-state index is 4.68. The number of nitrogens with one attached hydrogen (secondary N) is 3. The summed E-state index contributed by atoms with van der Waals surface area (Å²) < 4.78 is 0. The van der Waals surface area contributed by atoms with E-state index in [0.717, 1.165) is 63.5 Å². The summed E-state index contributed by atoms with van der Waals surface area (Å²) in [5.41, 5.74) is 8.44. The maximum absolute atomic E-state index is 4.68. The Labute approximate surface area is 216 Å². The topological polar surface area (TPSA) is 98.4 Å². The molecule has 6 heterocycles. The first-order valence-electron chi connectivity index (χ1n) is 12.8. The molecule has 3 N–H and O–H groups in total. The fraction of sp³-hybridized carbons (Fsp3) is 0.310. The molecule has 5 aromatic rings. The first-order valence-corrected chi connectivity index (χ1v) is 12.8. The molecule has 0 saturated carbocycles. The molecular weight excluding hydrogens is 460 g/mol. The summed E-state index contributed by atoms with van der Waals surface area (Å²) in [5, 5.41) is 13.4. The predicted octanol–water partition coefficient (Wildman–Crippen LogP) is 6.53. The molecule has 5 aromatic heterocycles. The minimum absolute atomic E-state index is 0.0537. The zero-order chi connectivity index (χ0) is 25.6. The van der Waals surface area contributed by atoms with Gasteiger partial charge in [0.2, 0.25) is 0 Å². The summed E-state index contributed by atoms with van der Waals surface area (Å²) in [6.45, 7) is 12.7. The van der Waals surface area contributed by atoms with Gasteiger partial charge in [0.05, 0.1) is 58.6 Å². The summed E-state index contributed by atoms with van der Waals surface area (Å²) in [6.07, 6.45) is 13.1. The van der Waals surface area contributed by atoms with Crippen LogP contribution in [0.15, 0.2) is 61.5 Å². The molecule has 8 nitrogen and oxygen atoms in total. The van der Waals surface area contributed by atoms with Crippen LogP contribution in [0.5, 0.6) is 0 Å². The molecule has 0 radical (unpaired) electrons. The highest BCUT2D eigenvalue weighted by atomic mass is 15.1. The highest BCUT2D eigenvalue weighted by Crippen LogP contribution is 2.35. The Bertz CT molecular complexity index is 1600. The van der Waals surface area contributed by atoms with E-state index in [-0.39, 0.29) is 5.41 Å². The predicted molar refractivity (Wildman–Crippen MR) is 150 cm³/mol. The quantitative estimate of drug-likeness (QED) is 0.258. The number of fused-ring (bicyclic) bond motifs is 2. The summed E-state index contributed by atoms with van der Waals surface area (Å²) in [4.78, 5) is 19.6. The third kappa shape index (κ3) is 4.43. The largest absolute Gasteiger partial charge is 0.370 e. The second-order valence-electron chi connectivity index (χ2n) is 10.9. The lowest BCUT2D eigenvalue weighted by Crippen LogP contribution is -2.29. The molecule has 1 fully saturated rings. The number of aromatic amines is 2. The molecule has 6 rings (SSSR count). The lowest BCUT2D eigenvalue weighted by Gasteiger charge is -2.28. The summed E-state index contributed by atoms with van der Waals surface area (Å²) in [5.74, 6) is 0. The van der Waals surface area contributed by atoms with Crippen LogP contribution in [0.1, 0.15) is 40.0 Å². The molecule has 1 aliphatic rings. The minimum Gasteiger partial charge on any atom is -0.370 e.